The van der Waals surface area contributed by atoms with E-state index >= 15 is 0 Å². The van der Waals surface area contributed by atoms with Crippen molar-refractivity contribution in [1.29, 1.82) is 0 Å². The van der Waals surface area contributed by atoms with E-state index in [4.69, 9.17) is 0 Å². The van der Waals surface area contributed by atoms with E-state index in [-0.39, 0.29) is 5.41 Å². The predicted octanol–water partition coefficient (Wildman–Crippen LogP) is 5.74. The molecule has 0 bridgehead atoms. The van der Waals surface area contributed by atoms with E-state index < -0.39 is 8.80 Å². The van der Waals surface area contributed by atoms with Gasteiger partial charge in [-0.15, -0.1) is 0 Å². The van der Waals surface area contributed by atoms with Crippen molar-refractivity contribution in [1.82, 2.24) is 4.57 Å². The van der Waals surface area contributed by atoms with Gasteiger partial charge in [0.25, 0.3) is 0 Å². The molecule has 0 unspecified atom stereocenters. The van der Waals surface area contributed by atoms with Gasteiger partial charge in [0.05, 0.1) is 14.5 Å². The van der Waals surface area contributed by atoms with E-state index in [9.17, 15) is 0 Å². The van der Waals surface area contributed by atoms with Gasteiger partial charge in [0.1, 0.15) is 0 Å². The van der Waals surface area contributed by atoms with Crippen molar-refractivity contribution in [3.63, 3.8) is 0 Å². The van der Waals surface area contributed by atoms with Crippen LogP contribution in [-0.2, 0) is 11.6 Å². The lowest BCUT2D eigenvalue weighted by molar-refractivity contribution is 0.665. The summed E-state index contributed by atoms with van der Waals surface area (Å²) in [6.07, 6.45) is 1.19. The molecular formula is C20H22BrNSi. The van der Waals surface area contributed by atoms with Crippen molar-refractivity contribution in [2.45, 2.75) is 38.5 Å². The van der Waals surface area contributed by atoms with Gasteiger partial charge in [-0.3, -0.25) is 0 Å². The highest BCUT2D eigenvalue weighted by Gasteiger charge is 2.40. The highest BCUT2D eigenvalue weighted by atomic mass is 79.9. The number of rotatable bonds is 2. The average molecular weight is 384 g/mol. The lowest BCUT2D eigenvalue weighted by Gasteiger charge is -2.21. The van der Waals surface area contributed by atoms with E-state index in [2.05, 4.69) is 89.9 Å². The second kappa shape index (κ2) is 5.09. The minimum atomic E-state index is -0.724. The molecule has 1 aliphatic carbocycles. The third-order valence-corrected chi connectivity index (χ3v) is 6.64. The van der Waals surface area contributed by atoms with Crippen LogP contribution in [0.2, 0.25) is 13.1 Å². The second-order valence-corrected chi connectivity index (χ2v) is 11.6. The third kappa shape index (κ3) is 2.09. The molecule has 0 atom stereocenters. The van der Waals surface area contributed by atoms with Crippen molar-refractivity contribution in [3.8, 4) is 11.3 Å². The summed E-state index contributed by atoms with van der Waals surface area (Å²) < 4.78 is 3.76. The van der Waals surface area contributed by atoms with E-state index in [1.165, 1.54) is 43.9 Å². The Morgan fingerprint density at radius 1 is 1.09 bits per heavy atom. The fraction of sp³-hybridized carbons (Fsp3) is 0.300. The van der Waals surface area contributed by atoms with Crippen LogP contribution in [0.5, 0.6) is 0 Å². The van der Waals surface area contributed by atoms with Crippen LogP contribution < -0.4 is 0 Å². The maximum absolute atomic E-state index is 3.67. The van der Waals surface area contributed by atoms with E-state index in [0.717, 1.165) is 0 Å². The second-order valence-electron chi connectivity index (χ2n) is 7.56. The van der Waals surface area contributed by atoms with Crippen molar-refractivity contribution in [2.75, 3.05) is 0 Å². The molecule has 1 nitrogen and oxygen atoms in total. The maximum Gasteiger partial charge on any atom is 0.0541 e. The van der Waals surface area contributed by atoms with Crippen molar-refractivity contribution < 1.29 is 0 Å². The Kier molecular flexibility index (Phi) is 3.36. The molecule has 2 aromatic carbocycles. The van der Waals surface area contributed by atoms with Gasteiger partial charge in [-0.1, -0.05) is 67.1 Å². The number of aromatic nitrogens is 1. The van der Waals surface area contributed by atoms with E-state index in [0.29, 0.717) is 0 Å². The normalized spacial score (nSPS) is 15.2. The molecule has 0 radical (unpaired) electrons. The van der Waals surface area contributed by atoms with Crippen LogP contribution in [0.1, 0.15) is 25.0 Å². The summed E-state index contributed by atoms with van der Waals surface area (Å²) in [4.78, 5) is 0. The molecule has 0 spiro atoms. The topological polar surface area (TPSA) is 4.93 Å². The zero-order chi connectivity index (χ0) is 16.4. The van der Waals surface area contributed by atoms with Gasteiger partial charge in [0.15, 0.2) is 0 Å². The molecule has 1 aliphatic rings. The van der Waals surface area contributed by atoms with Gasteiger partial charge in [-0.05, 0) is 29.3 Å². The summed E-state index contributed by atoms with van der Waals surface area (Å²) in [5.74, 6) is 0. The van der Waals surface area contributed by atoms with Crippen LogP contribution in [0.25, 0.3) is 22.2 Å². The van der Waals surface area contributed by atoms with Crippen LogP contribution in [-0.4, -0.2) is 13.4 Å². The van der Waals surface area contributed by atoms with Gasteiger partial charge in [-0.25, -0.2) is 0 Å². The molecule has 1 aromatic heterocycles. The van der Waals surface area contributed by atoms with E-state index in [1.54, 1.807) is 0 Å². The molecule has 3 heteroatoms. The summed E-state index contributed by atoms with van der Waals surface area (Å²) in [6, 6.07) is 15.7. The number of nitrogens with zero attached hydrogens (tertiary/aromatic N) is 1. The summed E-state index contributed by atoms with van der Waals surface area (Å²) in [6.45, 7) is 9.61. The fourth-order valence-electron chi connectivity index (χ4n) is 4.16. The lowest BCUT2D eigenvalue weighted by atomic mass is 9.81. The SMILES string of the molecule is C[SiH](C)Cn1c2c(c3cc(Br)ccc31)C(C)(C)c1ccccc1-2. The van der Waals surface area contributed by atoms with Gasteiger partial charge in [-0.2, -0.15) is 0 Å². The molecule has 3 aromatic rings. The van der Waals surface area contributed by atoms with Crippen LogP contribution in [0.4, 0.5) is 0 Å². The number of hydrogen-bond donors (Lipinski definition) is 0. The minimum Gasteiger partial charge on any atom is -0.344 e. The Bertz CT molecular complexity index is 921. The minimum absolute atomic E-state index is 0.0642. The molecule has 0 aliphatic heterocycles. The summed E-state index contributed by atoms with van der Waals surface area (Å²) in [5, 5.41) is 1.41. The zero-order valence-corrected chi connectivity index (χ0v) is 16.9. The first kappa shape index (κ1) is 15.2. The Hall–Kier alpha value is -1.32. The summed E-state index contributed by atoms with van der Waals surface area (Å²) >= 11 is 3.67. The Balaban J connectivity index is 2.16. The van der Waals surface area contributed by atoms with Gasteiger partial charge < -0.3 is 4.57 Å². The molecule has 0 fully saturated rings. The molecule has 0 amide bonds. The maximum atomic E-state index is 3.67. The molecule has 4 rings (SSSR count). The van der Waals surface area contributed by atoms with Crippen LogP contribution in [0.15, 0.2) is 46.9 Å². The van der Waals surface area contributed by atoms with Gasteiger partial charge >= 0.3 is 0 Å². The van der Waals surface area contributed by atoms with E-state index in [1.807, 2.05) is 0 Å². The molecule has 0 saturated heterocycles. The molecule has 23 heavy (non-hydrogen) atoms. The van der Waals surface area contributed by atoms with Gasteiger partial charge in [0, 0.05) is 32.5 Å². The van der Waals surface area contributed by atoms with Crippen LogP contribution >= 0.6 is 15.9 Å². The molecule has 118 valence electrons. The summed E-state index contributed by atoms with van der Waals surface area (Å²) in [7, 11) is -0.724. The fourth-order valence-corrected chi connectivity index (χ4v) is 5.63. The quantitative estimate of drug-likeness (QED) is 0.497. The summed E-state index contributed by atoms with van der Waals surface area (Å²) in [5.41, 5.74) is 7.31. The van der Waals surface area contributed by atoms with Crippen molar-refractivity contribution in [2.24, 2.45) is 0 Å². The average Bonchev–Trinajstić information content (AvgIpc) is 2.92. The number of halogens is 1. The van der Waals surface area contributed by atoms with Gasteiger partial charge in [0.2, 0.25) is 0 Å². The molecular weight excluding hydrogens is 362 g/mol. The van der Waals surface area contributed by atoms with Crippen LogP contribution in [0, 0.1) is 0 Å². The van der Waals surface area contributed by atoms with Crippen molar-refractivity contribution in [3.05, 3.63) is 58.1 Å². The predicted molar refractivity (Wildman–Crippen MR) is 106 cm³/mol. The first-order valence-corrected chi connectivity index (χ1v) is 12.2. The highest BCUT2D eigenvalue weighted by Crippen LogP contribution is 2.52. The smallest absolute Gasteiger partial charge is 0.0541 e. The zero-order valence-electron chi connectivity index (χ0n) is 14.2. The third-order valence-electron chi connectivity index (χ3n) is 5.05. The number of hydrogen-bond acceptors (Lipinski definition) is 0. The lowest BCUT2D eigenvalue weighted by Crippen LogP contribution is -2.14. The standard InChI is InChI=1S/C20H22BrNSi/c1-20(2)16-8-6-5-7-14(16)19-18(20)15-11-13(21)9-10-17(15)22(19)12-23(3)4/h5-11,23H,12H2,1-4H3. The highest BCUT2D eigenvalue weighted by molar-refractivity contribution is 9.10. The number of fused-ring (bicyclic) bond motifs is 5. The Morgan fingerprint density at radius 3 is 2.57 bits per heavy atom. The Labute approximate surface area is 148 Å². The van der Waals surface area contributed by atoms with Crippen LogP contribution in [0.3, 0.4) is 0 Å². The molecule has 1 heterocycles. The monoisotopic (exact) mass is 383 g/mol. The first-order valence-electron chi connectivity index (χ1n) is 8.33. The van der Waals surface area contributed by atoms with Crippen molar-refractivity contribution >= 4 is 35.6 Å². The largest absolute Gasteiger partial charge is 0.344 e. The number of benzene rings is 2. The molecule has 0 N–H and O–H groups in total. The first-order chi connectivity index (χ1) is 10.9. The molecule has 0 saturated carbocycles. The Morgan fingerprint density at radius 2 is 1.83 bits per heavy atom.